The molecule has 1 aromatic carbocycles. The second-order valence-electron chi connectivity index (χ2n) is 4.52. The van der Waals surface area contributed by atoms with Gasteiger partial charge in [-0.3, -0.25) is 0 Å². The molecule has 5 heteroatoms. The van der Waals surface area contributed by atoms with E-state index < -0.39 is 0 Å². The molecule has 0 amide bonds. The summed E-state index contributed by atoms with van der Waals surface area (Å²) in [6, 6.07) is 6.50. The van der Waals surface area contributed by atoms with E-state index in [0.29, 0.717) is 6.01 Å². The first-order valence-corrected chi connectivity index (χ1v) is 6.59. The Kier molecular flexibility index (Phi) is 3.25. The summed E-state index contributed by atoms with van der Waals surface area (Å²) < 4.78 is 5.63. The monoisotopic (exact) mass is 268 g/mol. The van der Waals surface area contributed by atoms with Gasteiger partial charge in [-0.1, -0.05) is 12.1 Å². The number of benzene rings is 1. The molecule has 0 aliphatic rings. The summed E-state index contributed by atoms with van der Waals surface area (Å²) in [4.78, 5) is 11.6. The minimum atomic E-state index is 0.562. The third-order valence-electron chi connectivity index (χ3n) is 3.04. The van der Waals surface area contributed by atoms with Gasteiger partial charge in [-0.05, 0) is 37.6 Å². The van der Waals surface area contributed by atoms with E-state index in [4.69, 9.17) is 4.42 Å². The van der Waals surface area contributed by atoms with Crippen molar-refractivity contribution in [2.75, 3.05) is 11.9 Å². The Morgan fingerprint density at radius 1 is 1.35 bits per heavy atom. The molecule has 3 rings (SSSR count). The molecule has 0 aliphatic heterocycles. The Morgan fingerprint density at radius 3 is 3.00 bits per heavy atom. The van der Waals surface area contributed by atoms with E-state index in [0.717, 1.165) is 34.6 Å². The van der Waals surface area contributed by atoms with Crippen LogP contribution in [0.5, 0.6) is 0 Å². The van der Waals surface area contributed by atoms with Gasteiger partial charge in [-0.2, -0.15) is 4.98 Å². The third kappa shape index (κ3) is 2.42. The predicted molar refractivity (Wildman–Crippen MR) is 80.4 cm³/mol. The number of anilines is 1. The summed E-state index contributed by atoms with van der Waals surface area (Å²) >= 11 is 0. The number of imidazole rings is 1. The summed E-state index contributed by atoms with van der Waals surface area (Å²) in [6.07, 6.45) is 5.68. The maximum Gasteiger partial charge on any atom is 0.295 e. The SMILES string of the molecule is CCNc1nc2ccc(/C=C/c3nc[nH]c3C)cc2o1. The van der Waals surface area contributed by atoms with Gasteiger partial charge in [0.15, 0.2) is 5.58 Å². The lowest BCUT2D eigenvalue weighted by Gasteiger charge is -1.93. The zero-order valence-electron chi connectivity index (χ0n) is 11.5. The summed E-state index contributed by atoms with van der Waals surface area (Å²) in [5.41, 5.74) is 4.68. The van der Waals surface area contributed by atoms with Crippen molar-refractivity contribution in [2.45, 2.75) is 13.8 Å². The van der Waals surface area contributed by atoms with E-state index in [9.17, 15) is 0 Å². The summed E-state index contributed by atoms with van der Waals surface area (Å²) in [6.45, 7) is 4.79. The highest BCUT2D eigenvalue weighted by Crippen LogP contribution is 2.21. The molecule has 2 aromatic heterocycles. The topological polar surface area (TPSA) is 66.7 Å². The van der Waals surface area contributed by atoms with Crippen LogP contribution in [0.15, 0.2) is 28.9 Å². The van der Waals surface area contributed by atoms with Crippen molar-refractivity contribution in [1.29, 1.82) is 0 Å². The molecule has 3 aromatic rings. The lowest BCUT2D eigenvalue weighted by Crippen LogP contribution is -1.95. The molecule has 5 nitrogen and oxygen atoms in total. The van der Waals surface area contributed by atoms with Crippen LogP contribution in [0.2, 0.25) is 0 Å². The smallest absolute Gasteiger partial charge is 0.295 e. The number of fused-ring (bicyclic) bond motifs is 1. The van der Waals surface area contributed by atoms with E-state index in [2.05, 4.69) is 20.3 Å². The van der Waals surface area contributed by atoms with Crippen LogP contribution in [-0.2, 0) is 0 Å². The number of H-pyrrole nitrogens is 1. The highest BCUT2D eigenvalue weighted by molar-refractivity contribution is 5.80. The van der Waals surface area contributed by atoms with E-state index in [1.165, 1.54) is 0 Å². The maximum atomic E-state index is 5.63. The van der Waals surface area contributed by atoms with E-state index in [1.807, 2.05) is 44.2 Å². The van der Waals surface area contributed by atoms with Gasteiger partial charge in [-0.15, -0.1) is 0 Å². The largest absolute Gasteiger partial charge is 0.424 e. The first kappa shape index (κ1) is 12.5. The lowest BCUT2D eigenvalue weighted by molar-refractivity contribution is 0.616. The Morgan fingerprint density at radius 2 is 2.25 bits per heavy atom. The van der Waals surface area contributed by atoms with Gasteiger partial charge in [0.1, 0.15) is 5.52 Å². The molecule has 0 bridgehead atoms. The van der Waals surface area contributed by atoms with Crippen LogP contribution in [-0.4, -0.2) is 21.5 Å². The molecular weight excluding hydrogens is 252 g/mol. The molecule has 0 saturated carbocycles. The van der Waals surface area contributed by atoms with Gasteiger partial charge < -0.3 is 14.7 Å². The number of hydrogen-bond donors (Lipinski definition) is 2. The highest BCUT2D eigenvalue weighted by Gasteiger charge is 2.04. The Balaban J connectivity index is 1.89. The van der Waals surface area contributed by atoms with Gasteiger partial charge in [0.05, 0.1) is 12.0 Å². The Bertz CT molecular complexity index is 754. The van der Waals surface area contributed by atoms with Crippen molar-refractivity contribution < 1.29 is 4.42 Å². The van der Waals surface area contributed by atoms with Crippen molar-refractivity contribution in [3.63, 3.8) is 0 Å². The quantitative estimate of drug-likeness (QED) is 0.760. The minimum Gasteiger partial charge on any atom is -0.424 e. The molecule has 0 aliphatic carbocycles. The fraction of sp³-hybridized carbons (Fsp3) is 0.200. The van der Waals surface area contributed by atoms with Crippen LogP contribution >= 0.6 is 0 Å². The minimum absolute atomic E-state index is 0.562. The van der Waals surface area contributed by atoms with Gasteiger partial charge in [0.2, 0.25) is 0 Å². The molecule has 102 valence electrons. The first-order valence-electron chi connectivity index (χ1n) is 6.59. The zero-order chi connectivity index (χ0) is 13.9. The van der Waals surface area contributed by atoms with Gasteiger partial charge >= 0.3 is 0 Å². The lowest BCUT2D eigenvalue weighted by atomic mass is 10.2. The summed E-state index contributed by atoms with van der Waals surface area (Å²) in [5.74, 6) is 0. The normalized spacial score (nSPS) is 11.5. The molecule has 0 radical (unpaired) electrons. The van der Waals surface area contributed by atoms with E-state index in [1.54, 1.807) is 6.33 Å². The number of aryl methyl sites for hydroxylation is 1. The van der Waals surface area contributed by atoms with E-state index >= 15 is 0 Å². The first-order chi connectivity index (χ1) is 9.76. The average molecular weight is 268 g/mol. The van der Waals surface area contributed by atoms with Crippen molar-refractivity contribution in [3.05, 3.63) is 41.5 Å². The molecule has 0 spiro atoms. The summed E-state index contributed by atoms with van der Waals surface area (Å²) in [7, 11) is 0. The second kappa shape index (κ2) is 5.21. The Labute approximate surface area is 116 Å². The van der Waals surface area contributed by atoms with Crippen LogP contribution in [0.4, 0.5) is 6.01 Å². The van der Waals surface area contributed by atoms with Crippen molar-refractivity contribution in [2.24, 2.45) is 0 Å². The van der Waals surface area contributed by atoms with Crippen LogP contribution in [0.25, 0.3) is 23.3 Å². The molecule has 20 heavy (non-hydrogen) atoms. The third-order valence-corrected chi connectivity index (χ3v) is 3.04. The second-order valence-corrected chi connectivity index (χ2v) is 4.52. The molecule has 2 N–H and O–H groups in total. The van der Waals surface area contributed by atoms with Gasteiger partial charge in [0, 0.05) is 12.2 Å². The standard InChI is InChI=1S/C15H16N4O/c1-3-16-15-19-13-7-5-11(8-14(13)20-15)4-6-12-10(2)17-9-18-12/h4-9H,3H2,1-2H3,(H,16,19)(H,17,18)/b6-4+. The van der Waals surface area contributed by atoms with E-state index in [-0.39, 0.29) is 0 Å². The van der Waals surface area contributed by atoms with Crippen LogP contribution in [0.1, 0.15) is 23.9 Å². The average Bonchev–Trinajstić information content (AvgIpc) is 3.02. The number of hydrogen-bond acceptors (Lipinski definition) is 4. The summed E-state index contributed by atoms with van der Waals surface area (Å²) in [5, 5.41) is 3.07. The molecule has 0 unspecified atom stereocenters. The van der Waals surface area contributed by atoms with Crippen molar-refractivity contribution in [1.82, 2.24) is 15.0 Å². The number of oxazole rings is 1. The van der Waals surface area contributed by atoms with Crippen molar-refractivity contribution >= 4 is 29.3 Å². The molecule has 0 atom stereocenters. The fourth-order valence-electron chi connectivity index (χ4n) is 1.98. The van der Waals surface area contributed by atoms with Gasteiger partial charge in [0.25, 0.3) is 6.01 Å². The molecule has 0 saturated heterocycles. The number of nitrogens with zero attached hydrogens (tertiary/aromatic N) is 2. The zero-order valence-corrected chi connectivity index (χ0v) is 11.5. The number of aromatic nitrogens is 3. The van der Waals surface area contributed by atoms with Crippen LogP contribution < -0.4 is 5.32 Å². The van der Waals surface area contributed by atoms with Gasteiger partial charge in [-0.25, -0.2) is 4.98 Å². The number of rotatable bonds is 4. The predicted octanol–water partition coefficient (Wildman–Crippen LogP) is 3.46. The highest BCUT2D eigenvalue weighted by atomic mass is 16.4. The van der Waals surface area contributed by atoms with Crippen molar-refractivity contribution in [3.8, 4) is 0 Å². The maximum absolute atomic E-state index is 5.63. The molecule has 2 heterocycles. The molecular formula is C15H16N4O. The number of aromatic amines is 1. The number of nitrogens with one attached hydrogen (secondary N) is 2. The molecule has 0 fully saturated rings. The Hall–Kier alpha value is -2.56. The van der Waals surface area contributed by atoms with Crippen LogP contribution in [0.3, 0.4) is 0 Å². The van der Waals surface area contributed by atoms with Crippen LogP contribution in [0, 0.1) is 6.92 Å². The fourth-order valence-corrected chi connectivity index (χ4v) is 1.98.